The highest BCUT2D eigenvalue weighted by atomic mass is 16.5. The van der Waals surface area contributed by atoms with Crippen molar-refractivity contribution in [2.45, 2.75) is 89.1 Å². The summed E-state index contributed by atoms with van der Waals surface area (Å²) in [5.74, 6) is 0.568. The molecule has 0 saturated heterocycles. The second-order valence-corrected chi connectivity index (χ2v) is 8.04. The molecule has 0 amide bonds. The molecule has 1 heterocycles. The molecule has 1 aromatic rings. The molecule has 3 N–H and O–H groups in total. The van der Waals surface area contributed by atoms with E-state index in [-0.39, 0.29) is 23.8 Å². The van der Waals surface area contributed by atoms with Crippen LogP contribution in [0.5, 0.6) is 0 Å². The first-order valence-electron chi connectivity index (χ1n) is 9.19. The highest BCUT2D eigenvalue weighted by molar-refractivity contribution is 5.78. The minimum absolute atomic E-state index is 0.117. The Hall–Kier alpha value is -1.56. The standard InChI is InChI=1S/C18H31N5O/c1-18(2,3)24-15-12-14(16(15)23-11-7-10-20-23)22-17(19)21-13-8-5-4-6-9-13/h7,10-11,13-16H,4-6,8-9,12H2,1-3H3,(H3,19,21,22). The molecule has 3 unspecified atom stereocenters. The van der Waals surface area contributed by atoms with Gasteiger partial charge in [0, 0.05) is 24.9 Å². The van der Waals surface area contributed by atoms with E-state index in [1.807, 2.05) is 16.9 Å². The van der Waals surface area contributed by atoms with E-state index >= 15 is 0 Å². The van der Waals surface area contributed by atoms with E-state index < -0.39 is 0 Å². The van der Waals surface area contributed by atoms with E-state index in [4.69, 9.17) is 15.5 Å². The summed E-state index contributed by atoms with van der Waals surface area (Å²) in [5, 5.41) is 7.80. The molecule has 1 aromatic heterocycles. The van der Waals surface area contributed by atoms with Crippen LogP contribution in [0.1, 0.15) is 65.3 Å². The maximum Gasteiger partial charge on any atom is 0.189 e. The number of guanidine groups is 1. The van der Waals surface area contributed by atoms with E-state index in [9.17, 15) is 0 Å². The number of rotatable bonds is 4. The van der Waals surface area contributed by atoms with Crippen LogP contribution in [-0.2, 0) is 4.74 Å². The van der Waals surface area contributed by atoms with Crippen LogP contribution in [0.4, 0.5) is 0 Å². The molecule has 2 aliphatic carbocycles. The molecule has 134 valence electrons. The number of aromatic nitrogens is 2. The van der Waals surface area contributed by atoms with Gasteiger partial charge < -0.3 is 15.8 Å². The lowest BCUT2D eigenvalue weighted by Crippen LogP contribution is -2.52. The lowest BCUT2D eigenvalue weighted by atomic mass is 9.82. The monoisotopic (exact) mass is 333 g/mol. The number of nitrogens with one attached hydrogen (secondary N) is 1. The maximum absolute atomic E-state index is 6.18. The molecule has 2 aliphatic rings. The molecule has 2 fully saturated rings. The van der Waals surface area contributed by atoms with Crippen molar-refractivity contribution in [3.63, 3.8) is 0 Å². The average molecular weight is 333 g/mol. The molecule has 24 heavy (non-hydrogen) atoms. The summed E-state index contributed by atoms with van der Waals surface area (Å²) >= 11 is 0. The van der Waals surface area contributed by atoms with E-state index in [2.05, 4.69) is 31.2 Å². The van der Waals surface area contributed by atoms with Gasteiger partial charge in [0.25, 0.3) is 0 Å². The number of nitrogens with zero attached hydrogens (tertiary/aromatic N) is 3. The van der Waals surface area contributed by atoms with Crippen molar-refractivity contribution < 1.29 is 4.74 Å². The Bertz CT molecular complexity index is 542. The Morgan fingerprint density at radius 3 is 2.67 bits per heavy atom. The van der Waals surface area contributed by atoms with Crippen LogP contribution >= 0.6 is 0 Å². The highest BCUT2D eigenvalue weighted by Gasteiger charge is 2.45. The summed E-state index contributed by atoms with van der Waals surface area (Å²) in [4.78, 5) is 4.74. The molecule has 6 nitrogen and oxygen atoms in total. The zero-order valence-corrected chi connectivity index (χ0v) is 15.1. The van der Waals surface area contributed by atoms with E-state index in [0.29, 0.717) is 12.0 Å². The normalized spacial score (nSPS) is 29.3. The van der Waals surface area contributed by atoms with Gasteiger partial charge in [0.15, 0.2) is 5.96 Å². The van der Waals surface area contributed by atoms with Crippen molar-refractivity contribution in [1.29, 1.82) is 0 Å². The minimum Gasteiger partial charge on any atom is -0.370 e. The molecule has 0 bridgehead atoms. The molecule has 3 atom stereocenters. The Balaban J connectivity index is 1.64. The number of ether oxygens (including phenoxy) is 1. The summed E-state index contributed by atoms with van der Waals surface area (Å²) in [5.41, 5.74) is 6.00. The van der Waals surface area contributed by atoms with Crippen molar-refractivity contribution in [2.75, 3.05) is 0 Å². The third kappa shape index (κ3) is 4.29. The molecule has 6 heteroatoms. The predicted molar refractivity (Wildman–Crippen MR) is 95.9 cm³/mol. The molecule has 0 aromatic carbocycles. The summed E-state index contributed by atoms with van der Waals surface area (Å²) in [6, 6.07) is 2.66. The van der Waals surface area contributed by atoms with Crippen LogP contribution in [0.25, 0.3) is 0 Å². The first-order chi connectivity index (χ1) is 11.4. The number of hydrogen-bond acceptors (Lipinski definition) is 3. The Morgan fingerprint density at radius 2 is 2.04 bits per heavy atom. The van der Waals surface area contributed by atoms with E-state index in [1.54, 1.807) is 6.20 Å². The minimum atomic E-state index is -0.170. The Labute approximate surface area is 144 Å². The molecule has 2 saturated carbocycles. The quantitative estimate of drug-likeness (QED) is 0.656. The van der Waals surface area contributed by atoms with Gasteiger partial charge in [-0.2, -0.15) is 5.10 Å². The second kappa shape index (κ2) is 7.13. The topological polar surface area (TPSA) is 77.5 Å². The zero-order chi connectivity index (χ0) is 17.2. The summed E-state index contributed by atoms with van der Waals surface area (Å²) in [7, 11) is 0. The van der Waals surface area contributed by atoms with Gasteiger partial charge in [0.1, 0.15) is 6.04 Å². The summed E-state index contributed by atoms with van der Waals surface area (Å²) < 4.78 is 8.14. The van der Waals surface area contributed by atoms with Crippen LogP contribution in [0, 0.1) is 0 Å². The number of nitrogens with two attached hydrogens (primary N) is 1. The smallest absolute Gasteiger partial charge is 0.189 e. The Kier molecular flexibility index (Phi) is 5.13. The molecule has 0 aliphatic heterocycles. The van der Waals surface area contributed by atoms with Crippen LogP contribution in [0.15, 0.2) is 23.5 Å². The van der Waals surface area contributed by atoms with E-state index in [0.717, 1.165) is 6.42 Å². The first-order valence-corrected chi connectivity index (χ1v) is 9.19. The average Bonchev–Trinajstić information content (AvgIpc) is 2.99. The van der Waals surface area contributed by atoms with Gasteiger partial charge in [0.2, 0.25) is 0 Å². The van der Waals surface area contributed by atoms with E-state index in [1.165, 1.54) is 32.1 Å². The van der Waals surface area contributed by atoms with Gasteiger partial charge in [-0.1, -0.05) is 19.3 Å². The third-order valence-corrected chi connectivity index (χ3v) is 4.85. The molecular formula is C18H31N5O. The van der Waals surface area contributed by atoms with Gasteiger partial charge in [-0.05, 0) is 39.7 Å². The molecule has 0 radical (unpaired) electrons. The van der Waals surface area contributed by atoms with Gasteiger partial charge in [-0.3, -0.25) is 4.68 Å². The van der Waals surface area contributed by atoms with Crippen molar-refractivity contribution >= 4 is 5.96 Å². The molecule has 3 rings (SSSR count). The number of aliphatic imine (C=N–C) groups is 1. The molecule has 0 spiro atoms. The van der Waals surface area contributed by atoms with Crippen molar-refractivity contribution in [3.8, 4) is 0 Å². The Morgan fingerprint density at radius 1 is 1.29 bits per heavy atom. The van der Waals surface area contributed by atoms with Crippen LogP contribution in [0.3, 0.4) is 0 Å². The van der Waals surface area contributed by atoms with Gasteiger partial charge >= 0.3 is 0 Å². The largest absolute Gasteiger partial charge is 0.370 e. The lowest BCUT2D eigenvalue weighted by Gasteiger charge is -2.45. The van der Waals surface area contributed by atoms with Gasteiger partial charge in [-0.25, -0.2) is 4.99 Å². The number of hydrogen-bond donors (Lipinski definition) is 2. The van der Waals surface area contributed by atoms with Gasteiger partial charge in [0.05, 0.1) is 17.7 Å². The SMILES string of the molecule is CC(C)(C)OC1CC(N=C(N)NC2CCCCC2)C1n1cccn1. The summed E-state index contributed by atoms with van der Waals surface area (Å²) in [6.45, 7) is 6.26. The zero-order valence-electron chi connectivity index (χ0n) is 15.1. The summed E-state index contributed by atoms with van der Waals surface area (Å²) in [6.07, 6.45) is 11.1. The second-order valence-electron chi connectivity index (χ2n) is 8.04. The first kappa shape index (κ1) is 17.3. The van der Waals surface area contributed by atoms with Crippen molar-refractivity contribution in [3.05, 3.63) is 18.5 Å². The fraction of sp³-hybridized carbons (Fsp3) is 0.778. The van der Waals surface area contributed by atoms with Crippen LogP contribution in [-0.4, -0.2) is 39.5 Å². The van der Waals surface area contributed by atoms with Crippen LogP contribution in [0.2, 0.25) is 0 Å². The fourth-order valence-corrected chi connectivity index (χ4v) is 3.75. The fourth-order valence-electron chi connectivity index (χ4n) is 3.75. The van der Waals surface area contributed by atoms with Crippen LogP contribution < -0.4 is 11.1 Å². The molecular weight excluding hydrogens is 302 g/mol. The van der Waals surface area contributed by atoms with Crippen molar-refractivity contribution in [1.82, 2.24) is 15.1 Å². The highest BCUT2D eigenvalue weighted by Crippen LogP contribution is 2.39. The third-order valence-electron chi connectivity index (χ3n) is 4.85. The predicted octanol–water partition coefficient (Wildman–Crippen LogP) is 2.62. The van der Waals surface area contributed by atoms with Crippen molar-refractivity contribution in [2.24, 2.45) is 10.7 Å². The lowest BCUT2D eigenvalue weighted by molar-refractivity contribution is -0.128. The van der Waals surface area contributed by atoms with Gasteiger partial charge in [-0.15, -0.1) is 0 Å². The maximum atomic E-state index is 6.18.